The van der Waals surface area contributed by atoms with Crippen molar-refractivity contribution in [3.63, 3.8) is 0 Å². The minimum atomic E-state index is 0. The zero-order valence-corrected chi connectivity index (χ0v) is 19.7. The van der Waals surface area contributed by atoms with Crippen molar-refractivity contribution in [3.05, 3.63) is 23.9 Å². The van der Waals surface area contributed by atoms with E-state index in [2.05, 4.69) is 65.4 Å². The fraction of sp³-hybridized carbons (Fsp3) is 0.700. The van der Waals surface area contributed by atoms with E-state index < -0.39 is 0 Å². The Balaban J connectivity index is 0.00000364. The smallest absolute Gasteiger partial charge is 0.191 e. The summed E-state index contributed by atoms with van der Waals surface area (Å²) in [6.45, 7) is 13.4. The Hall–Kier alpha value is -1.09. The molecule has 0 amide bonds. The van der Waals surface area contributed by atoms with Crippen LogP contribution in [0.4, 0.5) is 5.82 Å². The van der Waals surface area contributed by atoms with Crippen molar-refractivity contribution in [2.45, 2.75) is 40.2 Å². The molecule has 7 heteroatoms. The summed E-state index contributed by atoms with van der Waals surface area (Å²) in [7, 11) is 2.17. The van der Waals surface area contributed by atoms with Crippen LogP contribution in [0.1, 0.15) is 39.2 Å². The van der Waals surface area contributed by atoms with Gasteiger partial charge in [-0.15, -0.1) is 24.0 Å². The van der Waals surface area contributed by atoms with E-state index in [9.17, 15) is 0 Å². The van der Waals surface area contributed by atoms with E-state index in [0.29, 0.717) is 6.54 Å². The lowest BCUT2D eigenvalue weighted by Crippen LogP contribution is -2.44. The molecule has 1 aromatic rings. The summed E-state index contributed by atoms with van der Waals surface area (Å²) in [6, 6.07) is 4.24. The summed E-state index contributed by atoms with van der Waals surface area (Å²) in [5, 5.41) is 6.77. The molecule has 0 aromatic carbocycles. The maximum Gasteiger partial charge on any atom is 0.191 e. The van der Waals surface area contributed by atoms with Crippen molar-refractivity contribution in [1.82, 2.24) is 20.5 Å². The molecule has 2 heterocycles. The van der Waals surface area contributed by atoms with Crippen LogP contribution in [0.5, 0.6) is 0 Å². The number of hydrogen-bond acceptors (Lipinski definition) is 4. The van der Waals surface area contributed by atoms with Crippen molar-refractivity contribution < 1.29 is 0 Å². The minimum absolute atomic E-state index is 0. The molecule has 1 saturated heterocycles. The fourth-order valence-electron chi connectivity index (χ4n) is 3.00. The molecule has 0 radical (unpaired) electrons. The SMILES string of the molecule is CCNC(=NCc1ccnc(N2CCN(C)CC2)c1)NCCCC(C)C.I. The van der Waals surface area contributed by atoms with Crippen molar-refractivity contribution in [1.29, 1.82) is 0 Å². The van der Waals surface area contributed by atoms with Crippen LogP contribution < -0.4 is 15.5 Å². The molecule has 1 aromatic heterocycles. The Kier molecular flexibility index (Phi) is 11.7. The quantitative estimate of drug-likeness (QED) is 0.255. The Labute approximate surface area is 182 Å². The van der Waals surface area contributed by atoms with Crippen molar-refractivity contribution >= 4 is 35.8 Å². The molecule has 0 bridgehead atoms. The molecule has 1 aliphatic heterocycles. The number of nitrogens with one attached hydrogen (secondary N) is 2. The normalized spacial score (nSPS) is 15.6. The van der Waals surface area contributed by atoms with Crippen LogP contribution in [0, 0.1) is 5.92 Å². The number of aliphatic imine (C=N–C) groups is 1. The number of guanidine groups is 1. The number of rotatable bonds is 8. The third-order valence-corrected chi connectivity index (χ3v) is 4.65. The Bertz CT molecular complexity index is 555. The first-order chi connectivity index (χ1) is 12.6. The Morgan fingerprint density at radius 3 is 2.63 bits per heavy atom. The number of likely N-dealkylation sites (N-methyl/N-ethyl adjacent to an activating group) is 1. The van der Waals surface area contributed by atoms with Crippen molar-refractivity contribution in [3.8, 4) is 0 Å². The number of anilines is 1. The Morgan fingerprint density at radius 1 is 1.22 bits per heavy atom. The van der Waals surface area contributed by atoms with Gasteiger partial charge in [-0.05, 0) is 50.4 Å². The molecule has 1 fully saturated rings. The highest BCUT2D eigenvalue weighted by atomic mass is 127. The summed E-state index contributed by atoms with van der Waals surface area (Å²) in [5.74, 6) is 2.72. The van der Waals surface area contributed by atoms with Gasteiger partial charge in [-0.2, -0.15) is 0 Å². The first-order valence-corrected chi connectivity index (χ1v) is 9.99. The van der Waals surface area contributed by atoms with Gasteiger partial charge in [0.15, 0.2) is 5.96 Å². The molecule has 154 valence electrons. The van der Waals surface area contributed by atoms with Crippen LogP contribution in [-0.2, 0) is 6.54 Å². The van der Waals surface area contributed by atoms with Crippen LogP contribution in [-0.4, -0.2) is 62.2 Å². The van der Waals surface area contributed by atoms with E-state index in [1.165, 1.54) is 18.4 Å². The van der Waals surface area contributed by atoms with Gasteiger partial charge < -0.3 is 20.4 Å². The molecule has 27 heavy (non-hydrogen) atoms. The number of halogens is 1. The number of pyridine rings is 1. The van der Waals surface area contributed by atoms with Gasteiger partial charge in [0.1, 0.15) is 5.82 Å². The molecule has 6 nitrogen and oxygen atoms in total. The maximum absolute atomic E-state index is 4.74. The summed E-state index contributed by atoms with van der Waals surface area (Å²) in [6.07, 6.45) is 4.32. The highest BCUT2D eigenvalue weighted by Gasteiger charge is 2.15. The second-order valence-electron chi connectivity index (χ2n) is 7.47. The van der Waals surface area contributed by atoms with E-state index in [0.717, 1.165) is 57.0 Å². The third kappa shape index (κ3) is 9.10. The van der Waals surface area contributed by atoms with Gasteiger partial charge >= 0.3 is 0 Å². The standard InChI is InChI=1S/C20H36N6.HI/c1-5-21-20(23-9-6-7-17(2)3)24-16-18-8-10-22-19(15-18)26-13-11-25(4)12-14-26;/h8,10,15,17H,5-7,9,11-14,16H2,1-4H3,(H2,21,23,24);1H. The fourth-order valence-corrected chi connectivity index (χ4v) is 3.00. The van der Waals surface area contributed by atoms with Crippen LogP contribution in [0.25, 0.3) is 0 Å². The van der Waals surface area contributed by atoms with E-state index in [-0.39, 0.29) is 24.0 Å². The highest BCUT2D eigenvalue weighted by molar-refractivity contribution is 14.0. The zero-order chi connectivity index (χ0) is 18.8. The van der Waals surface area contributed by atoms with Crippen LogP contribution in [0.3, 0.4) is 0 Å². The highest BCUT2D eigenvalue weighted by Crippen LogP contribution is 2.15. The van der Waals surface area contributed by atoms with E-state index in [1.54, 1.807) is 0 Å². The summed E-state index contributed by atoms with van der Waals surface area (Å²) in [5.41, 5.74) is 1.20. The molecular formula is C20H37IN6. The lowest BCUT2D eigenvalue weighted by Gasteiger charge is -2.33. The van der Waals surface area contributed by atoms with Gasteiger partial charge in [0.25, 0.3) is 0 Å². The summed E-state index contributed by atoms with van der Waals surface area (Å²) in [4.78, 5) is 14.0. The monoisotopic (exact) mass is 488 g/mol. The molecular weight excluding hydrogens is 451 g/mol. The van der Waals surface area contributed by atoms with Gasteiger partial charge in [-0.3, -0.25) is 0 Å². The number of nitrogens with zero attached hydrogens (tertiary/aromatic N) is 4. The topological polar surface area (TPSA) is 55.8 Å². The number of aromatic nitrogens is 1. The molecule has 2 rings (SSSR count). The average molecular weight is 488 g/mol. The van der Waals surface area contributed by atoms with E-state index in [1.807, 2.05) is 6.20 Å². The van der Waals surface area contributed by atoms with Crippen LogP contribution >= 0.6 is 24.0 Å². The van der Waals surface area contributed by atoms with Gasteiger partial charge in [0, 0.05) is 45.5 Å². The predicted octanol–water partition coefficient (Wildman–Crippen LogP) is 2.94. The lowest BCUT2D eigenvalue weighted by molar-refractivity contribution is 0.312. The second-order valence-corrected chi connectivity index (χ2v) is 7.47. The van der Waals surface area contributed by atoms with Crippen molar-refractivity contribution in [2.75, 3.05) is 51.2 Å². The zero-order valence-electron chi connectivity index (χ0n) is 17.4. The van der Waals surface area contributed by atoms with E-state index in [4.69, 9.17) is 4.99 Å². The predicted molar refractivity (Wildman–Crippen MR) is 126 cm³/mol. The summed E-state index contributed by atoms with van der Waals surface area (Å²) < 4.78 is 0. The molecule has 0 spiro atoms. The van der Waals surface area contributed by atoms with Crippen LogP contribution in [0.15, 0.2) is 23.3 Å². The molecule has 0 atom stereocenters. The Morgan fingerprint density at radius 2 is 1.96 bits per heavy atom. The molecule has 1 aliphatic rings. The van der Waals surface area contributed by atoms with Gasteiger partial charge in [0.2, 0.25) is 0 Å². The molecule has 0 aliphatic carbocycles. The molecule has 0 unspecified atom stereocenters. The maximum atomic E-state index is 4.74. The van der Waals surface area contributed by atoms with Gasteiger partial charge in [-0.1, -0.05) is 13.8 Å². The first-order valence-electron chi connectivity index (χ1n) is 9.99. The molecule has 2 N–H and O–H groups in total. The average Bonchev–Trinajstić information content (AvgIpc) is 2.64. The van der Waals surface area contributed by atoms with E-state index >= 15 is 0 Å². The molecule has 0 saturated carbocycles. The van der Waals surface area contributed by atoms with Crippen molar-refractivity contribution in [2.24, 2.45) is 10.9 Å². The summed E-state index contributed by atoms with van der Waals surface area (Å²) >= 11 is 0. The third-order valence-electron chi connectivity index (χ3n) is 4.65. The largest absolute Gasteiger partial charge is 0.357 e. The second kappa shape index (κ2) is 13.1. The van der Waals surface area contributed by atoms with Gasteiger partial charge in [-0.25, -0.2) is 9.98 Å². The van der Waals surface area contributed by atoms with Crippen LogP contribution in [0.2, 0.25) is 0 Å². The van der Waals surface area contributed by atoms with Gasteiger partial charge in [0.05, 0.1) is 6.54 Å². The minimum Gasteiger partial charge on any atom is -0.357 e. The number of hydrogen-bond donors (Lipinski definition) is 2. The first kappa shape index (κ1) is 23.9. The number of piperazine rings is 1. The lowest BCUT2D eigenvalue weighted by atomic mass is 10.1.